The Morgan fingerprint density at radius 1 is 1.29 bits per heavy atom. The molecule has 0 aromatic carbocycles. The zero-order valence-electron chi connectivity index (χ0n) is 11.3. The monoisotopic (exact) mass is 296 g/mol. The van der Waals surface area contributed by atoms with Crippen molar-refractivity contribution in [3.05, 3.63) is 23.5 Å². The van der Waals surface area contributed by atoms with E-state index in [1.807, 2.05) is 0 Å². The van der Waals surface area contributed by atoms with E-state index in [0.717, 1.165) is 42.8 Å². The van der Waals surface area contributed by atoms with E-state index in [1.165, 1.54) is 0 Å². The van der Waals surface area contributed by atoms with Gasteiger partial charge in [0, 0.05) is 11.5 Å². The van der Waals surface area contributed by atoms with Crippen molar-refractivity contribution in [1.29, 1.82) is 0 Å². The van der Waals surface area contributed by atoms with Crippen LogP contribution in [-0.2, 0) is 11.6 Å². The highest BCUT2D eigenvalue weighted by molar-refractivity contribution is 5.55. The number of fused-ring (bicyclic) bond motifs is 1. The maximum atomic E-state index is 13.0. The van der Waals surface area contributed by atoms with Gasteiger partial charge in [-0.1, -0.05) is 6.42 Å². The van der Waals surface area contributed by atoms with Gasteiger partial charge >= 0.3 is 6.18 Å². The lowest BCUT2D eigenvalue weighted by molar-refractivity contribution is -0.136. The fraction of sp³-hybridized carbons (Fsp3) is 0.571. The molecule has 0 saturated heterocycles. The molecule has 2 N–H and O–H groups in total. The molecule has 0 bridgehead atoms. The van der Waals surface area contributed by atoms with Gasteiger partial charge in [-0.15, -0.1) is 0 Å². The Bertz CT molecular complexity index is 711. The van der Waals surface area contributed by atoms with Gasteiger partial charge < -0.3 is 5.73 Å². The molecule has 2 aromatic rings. The van der Waals surface area contributed by atoms with E-state index in [1.54, 1.807) is 6.07 Å². The Labute approximate surface area is 119 Å². The van der Waals surface area contributed by atoms with E-state index >= 15 is 0 Å². The molecule has 4 nitrogen and oxygen atoms in total. The van der Waals surface area contributed by atoms with Crippen LogP contribution in [0.4, 0.5) is 19.0 Å². The highest BCUT2D eigenvalue weighted by Crippen LogP contribution is 2.58. The van der Waals surface area contributed by atoms with Crippen LogP contribution in [0.25, 0.3) is 5.65 Å². The van der Waals surface area contributed by atoms with E-state index in [2.05, 4.69) is 10.1 Å². The molecular formula is C14H15F3N4. The van der Waals surface area contributed by atoms with Crippen LogP contribution < -0.4 is 5.73 Å². The standard InChI is InChI=1S/C14H15F3N4/c15-14(16,17)9-7-19-21-11(18)6-10(20-12(9)21)13(4-1-5-13)8-2-3-8/h6-8H,1-5,18H2. The van der Waals surface area contributed by atoms with E-state index in [4.69, 9.17) is 5.73 Å². The van der Waals surface area contributed by atoms with Crippen LogP contribution in [0.2, 0.25) is 0 Å². The molecule has 0 unspecified atom stereocenters. The number of nitrogen functional groups attached to an aromatic ring is 1. The van der Waals surface area contributed by atoms with Crippen molar-refractivity contribution in [2.24, 2.45) is 5.92 Å². The first kappa shape index (κ1) is 12.9. The summed E-state index contributed by atoms with van der Waals surface area (Å²) in [5.41, 5.74) is 5.57. The van der Waals surface area contributed by atoms with Gasteiger partial charge in [-0.05, 0) is 31.6 Å². The number of nitrogens with two attached hydrogens (primary N) is 1. The van der Waals surface area contributed by atoms with E-state index in [0.29, 0.717) is 11.6 Å². The molecular weight excluding hydrogens is 281 g/mol. The molecule has 0 amide bonds. The summed E-state index contributed by atoms with van der Waals surface area (Å²) >= 11 is 0. The Morgan fingerprint density at radius 2 is 2.00 bits per heavy atom. The van der Waals surface area contributed by atoms with Gasteiger partial charge in [0.25, 0.3) is 0 Å². The Hall–Kier alpha value is -1.79. The summed E-state index contributed by atoms with van der Waals surface area (Å²) in [5, 5.41) is 3.72. The molecule has 7 heteroatoms. The maximum absolute atomic E-state index is 13.0. The lowest BCUT2D eigenvalue weighted by Gasteiger charge is -2.42. The topological polar surface area (TPSA) is 56.2 Å². The number of aromatic nitrogens is 3. The third kappa shape index (κ3) is 1.76. The van der Waals surface area contributed by atoms with Crippen LogP contribution in [0.1, 0.15) is 43.4 Å². The highest BCUT2D eigenvalue weighted by atomic mass is 19.4. The largest absolute Gasteiger partial charge is 0.421 e. The van der Waals surface area contributed by atoms with Gasteiger partial charge in [0.1, 0.15) is 11.4 Å². The third-order valence-corrected chi connectivity index (χ3v) is 4.92. The number of alkyl halides is 3. The summed E-state index contributed by atoms with van der Waals surface area (Å²) in [6.45, 7) is 0. The molecule has 21 heavy (non-hydrogen) atoms. The molecule has 2 saturated carbocycles. The molecule has 0 spiro atoms. The van der Waals surface area contributed by atoms with Crippen LogP contribution in [0, 0.1) is 5.92 Å². The SMILES string of the molecule is Nc1cc(C2(C3CC3)CCC2)nc2c(C(F)(F)F)cnn12. The van der Waals surface area contributed by atoms with Crippen molar-refractivity contribution in [1.82, 2.24) is 14.6 Å². The minimum Gasteiger partial charge on any atom is -0.384 e. The van der Waals surface area contributed by atoms with Crippen molar-refractivity contribution in [2.75, 3.05) is 5.73 Å². The van der Waals surface area contributed by atoms with Gasteiger partial charge in [0.15, 0.2) is 5.65 Å². The summed E-state index contributed by atoms with van der Waals surface area (Å²) in [5.74, 6) is 0.773. The highest BCUT2D eigenvalue weighted by Gasteiger charge is 2.51. The Balaban J connectivity index is 1.91. The Morgan fingerprint density at radius 3 is 2.52 bits per heavy atom. The quantitative estimate of drug-likeness (QED) is 0.926. The minimum atomic E-state index is -4.47. The van der Waals surface area contributed by atoms with E-state index in [-0.39, 0.29) is 16.9 Å². The zero-order valence-corrected chi connectivity index (χ0v) is 11.3. The molecule has 112 valence electrons. The van der Waals surface area contributed by atoms with Crippen molar-refractivity contribution in [3.63, 3.8) is 0 Å². The first-order valence-electron chi connectivity index (χ1n) is 7.14. The number of halogens is 3. The normalized spacial score (nSPS) is 21.5. The number of nitrogens with zero attached hydrogens (tertiary/aromatic N) is 3. The number of hydrogen-bond acceptors (Lipinski definition) is 3. The van der Waals surface area contributed by atoms with Gasteiger partial charge in [-0.2, -0.15) is 22.8 Å². The minimum absolute atomic E-state index is 0.0526. The molecule has 4 rings (SSSR count). The molecule has 2 aromatic heterocycles. The summed E-state index contributed by atoms with van der Waals surface area (Å²) in [6, 6.07) is 1.71. The fourth-order valence-electron chi connectivity index (χ4n) is 3.51. The second-order valence-corrected chi connectivity index (χ2v) is 6.14. The molecule has 2 aliphatic rings. The van der Waals surface area contributed by atoms with Crippen LogP contribution in [0.3, 0.4) is 0 Å². The lowest BCUT2D eigenvalue weighted by atomic mass is 9.63. The van der Waals surface area contributed by atoms with Crippen molar-refractivity contribution >= 4 is 11.5 Å². The second-order valence-electron chi connectivity index (χ2n) is 6.14. The van der Waals surface area contributed by atoms with Crippen LogP contribution in [0.15, 0.2) is 12.3 Å². The summed E-state index contributed by atoms with van der Waals surface area (Å²) in [4.78, 5) is 4.32. The number of rotatable bonds is 2. The summed E-state index contributed by atoms with van der Waals surface area (Å²) < 4.78 is 40.2. The predicted octanol–water partition coefficient (Wildman–Crippen LogP) is 3.16. The van der Waals surface area contributed by atoms with Crippen LogP contribution in [0.5, 0.6) is 0 Å². The van der Waals surface area contributed by atoms with Crippen LogP contribution in [-0.4, -0.2) is 14.6 Å². The maximum Gasteiger partial charge on any atom is 0.421 e. The lowest BCUT2D eigenvalue weighted by Crippen LogP contribution is -2.37. The summed E-state index contributed by atoms with van der Waals surface area (Å²) in [6.07, 6.45) is 1.70. The second kappa shape index (κ2) is 3.90. The molecule has 0 atom stereocenters. The molecule has 0 aliphatic heterocycles. The van der Waals surface area contributed by atoms with Crippen LogP contribution >= 0.6 is 0 Å². The van der Waals surface area contributed by atoms with E-state index < -0.39 is 11.7 Å². The summed E-state index contributed by atoms with van der Waals surface area (Å²) in [7, 11) is 0. The molecule has 0 radical (unpaired) electrons. The average Bonchev–Trinajstić information content (AvgIpc) is 3.04. The zero-order chi connectivity index (χ0) is 14.8. The molecule has 2 aliphatic carbocycles. The van der Waals surface area contributed by atoms with Gasteiger partial charge in [0.05, 0.1) is 11.9 Å². The smallest absolute Gasteiger partial charge is 0.384 e. The fourth-order valence-corrected chi connectivity index (χ4v) is 3.51. The van der Waals surface area contributed by atoms with Gasteiger partial charge in [-0.25, -0.2) is 4.98 Å². The average molecular weight is 296 g/mol. The number of hydrogen-bond donors (Lipinski definition) is 1. The van der Waals surface area contributed by atoms with Crippen molar-refractivity contribution in [3.8, 4) is 0 Å². The first-order valence-corrected chi connectivity index (χ1v) is 7.14. The Kier molecular flexibility index (Phi) is 2.40. The number of anilines is 1. The van der Waals surface area contributed by atoms with Crippen molar-refractivity contribution < 1.29 is 13.2 Å². The predicted molar refractivity (Wildman–Crippen MR) is 70.7 cm³/mol. The third-order valence-electron chi connectivity index (χ3n) is 4.92. The van der Waals surface area contributed by atoms with Gasteiger partial charge in [-0.3, -0.25) is 0 Å². The van der Waals surface area contributed by atoms with Gasteiger partial charge in [0.2, 0.25) is 0 Å². The molecule has 2 heterocycles. The van der Waals surface area contributed by atoms with E-state index in [9.17, 15) is 13.2 Å². The molecule has 2 fully saturated rings. The van der Waals surface area contributed by atoms with Crippen molar-refractivity contribution in [2.45, 2.75) is 43.7 Å². The first-order chi connectivity index (χ1) is 9.92.